The summed E-state index contributed by atoms with van der Waals surface area (Å²) in [7, 11) is 0. The Kier molecular flexibility index (Phi) is 8.08. The van der Waals surface area contributed by atoms with Crippen LogP contribution in [0.4, 0.5) is 10.8 Å². The summed E-state index contributed by atoms with van der Waals surface area (Å²) in [5.74, 6) is -0.165. The molecule has 156 valence electrons. The van der Waals surface area contributed by atoms with Crippen molar-refractivity contribution in [2.45, 2.75) is 18.9 Å². The maximum Gasteiger partial charge on any atom is 0.230 e. The van der Waals surface area contributed by atoms with E-state index in [4.69, 9.17) is 0 Å². The van der Waals surface area contributed by atoms with Crippen LogP contribution in [0.2, 0.25) is 0 Å². The molecule has 0 radical (unpaired) electrons. The van der Waals surface area contributed by atoms with Gasteiger partial charge in [0.05, 0.1) is 18.2 Å². The Hall–Kier alpha value is -3.07. The molecule has 1 atom stereocenters. The second kappa shape index (κ2) is 11.2. The van der Waals surface area contributed by atoms with Crippen molar-refractivity contribution in [1.29, 1.82) is 0 Å². The van der Waals surface area contributed by atoms with Crippen molar-refractivity contribution in [3.8, 4) is 0 Å². The Morgan fingerprint density at radius 2 is 1.90 bits per heavy atom. The maximum absolute atomic E-state index is 12.2. The standard InChI is InChI=1S/C22H24N4O3S/c27-15-24-22-26-19(14-30-22)12-21(29)25-18-8-6-16(7-9-18)10-11-23-13-20(28)17-4-2-1-3-5-17/h1-9,14-15,20,23,28H,10-13H2,(H,25,29)(H,24,26,27). The van der Waals surface area contributed by atoms with Crippen LogP contribution < -0.4 is 16.0 Å². The van der Waals surface area contributed by atoms with Crippen LogP contribution in [-0.2, 0) is 22.4 Å². The number of anilines is 2. The molecular weight excluding hydrogens is 400 g/mol. The molecule has 0 bridgehead atoms. The number of carbonyl (C=O) groups is 2. The molecule has 0 spiro atoms. The van der Waals surface area contributed by atoms with E-state index in [2.05, 4.69) is 20.9 Å². The van der Waals surface area contributed by atoms with Gasteiger partial charge in [0.1, 0.15) is 0 Å². The van der Waals surface area contributed by atoms with Crippen LogP contribution in [0.5, 0.6) is 0 Å². The fraction of sp³-hybridized carbons (Fsp3) is 0.227. The third kappa shape index (κ3) is 6.77. The monoisotopic (exact) mass is 424 g/mol. The van der Waals surface area contributed by atoms with Crippen molar-refractivity contribution < 1.29 is 14.7 Å². The minimum atomic E-state index is -0.521. The molecule has 1 aromatic heterocycles. The van der Waals surface area contributed by atoms with Crippen LogP contribution in [0.3, 0.4) is 0 Å². The summed E-state index contributed by atoms with van der Waals surface area (Å²) in [6.45, 7) is 1.25. The molecule has 0 saturated heterocycles. The van der Waals surface area contributed by atoms with Gasteiger partial charge in [-0.2, -0.15) is 0 Å². The summed E-state index contributed by atoms with van der Waals surface area (Å²) in [6.07, 6.45) is 1.01. The number of benzene rings is 2. The predicted octanol–water partition coefficient (Wildman–Crippen LogP) is 2.76. The molecule has 1 heterocycles. The lowest BCUT2D eigenvalue weighted by Gasteiger charge is -2.12. The van der Waals surface area contributed by atoms with E-state index in [0.717, 1.165) is 29.8 Å². The number of carbonyl (C=O) groups excluding carboxylic acids is 2. The lowest BCUT2D eigenvalue weighted by molar-refractivity contribution is -0.115. The normalized spacial score (nSPS) is 11.6. The van der Waals surface area contributed by atoms with Crippen molar-refractivity contribution in [3.63, 3.8) is 0 Å². The van der Waals surface area contributed by atoms with Crippen molar-refractivity contribution >= 4 is 34.5 Å². The first-order valence-electron chi connectivity index (χ1n) is 9.61. The third-order valence-corrected chi connectivity index (χ3v) is 5.25. The van der Waals surface area contributed by atoms with Crippen molar-refractivity contribution in [3.05, 3.63) is 76.8 Å². The molecule has 2 aromatic carbocycles. The van der Waals surface area contributed by atoms with Gasteiger partial charge in [-0.15, -0.1) is 11.3 Å². The zero-order valence-corrected chi connectivity index (χ0v) is 17.2. The number of nitrogens with zero attached hydrogens (tertiary/aromatic N) is 1. The van der Waals surface area contributed by atoms with Crippen LogP contribution in [-0.4, -0.2) is 35.5 Å². The van der Waals surface area contributed by atoms with Gasteiger partial charge in [0, 0.05) is 17.6 Å². The van der Waals surface area contributed by atoms with Crippen LogP contribution in [0.15, 0.2) is 60.0 Å². The molecule has 0 aliphatic rings. The van der Waals surface area contributed by atoms with E-state index < -0.39 is 6.10 Å². The van der Waals surface area contributed by atoms with E-state index in [1.165, 1.54) is 11.3 Å². The predicted molar refractivity (Wildman–Crippen MR) is 119 cm³/mol. The summed E-state index contributed by atoms with van der Waals surface area (Å²) in [5, 5.41) is 20.9. The minimum Gasteiger partial charge on any atom is -0.387 e. The molecule has 3 rings (SSSR count). The lowest BCUT2D eigenvalue weighted by Crippen LogP contribution is -2.23. The van der Waals surface area contributed by atoms with E-state index in [1.807, 2.05) is 54.6 Å². The van der Waals surface area contributed by atoms with Gasteiger partial charge >= 0.3 is 0 Å². The van der Waals surface area contributed by atoms with Crippen molar-refractivity contribution in [1.82, 2.24) is 10.3 Å². The summed E-state index contributed by atoms with van der Waals surface area (Å²) >= 11 is 1.28. The van der Waals surface area contributed by atoms with Crippen molar-refractivity contribution in [2.24, 2.45) is 0 Å². The lowest BCUT2D eigenvalue weighted by atomic mass is 10.1. The highest BCUT2D eigenvalue weighted by molar-refractivity contribution is 7.13. The van der Waals surface area contributed by atoms with E-state index in [-0.39, 0.29) is 12.3 Å². The van der Waals surface area contributed by atoms with Gasteiger partial charge in [0.25, 0.3) is 0 Å². The van der Waals surface area contributed by atoms with Gasteiger partial charge in [0.2, 0.25) is 12.3 Å². The van der Waals surface area contributed by atoms with Crippen LogP contribution in [0, 0.1) is 0 Å². The number of aliphatic hydroxyl groups is 1. The third-order valence-electron chi connectivity index (χ3n) is 4.43. The summed E-state index contributed by atoms with van der Waals surface area (Å²) in [6, 6.07) is 17.3. The Balaban J connectivity index is 1.38. The number of hydrogen-bond acceptors (Lipinski definition) is 6. The number of aromatic nitrogens is 1. The van der Waals surface area contributed by atoms with Gasteiger partial charge in [-0.1, -0.05) is 42.5 Å². The minimum absolute atomic E-state index is 0.145. The molecule has 4 N–H and O–H groups in total. The maximum atomic E-state index is 12.2. The van der Waals surface area contributed by atoms with Gasteiger partial charge in [-0.25, -0.2) is 4.98 Å². The molecule has 0 aliphatic carbocycles. The Morgan fingerprint density at radius 3 is 2.63 bits per heavy atom. The van der Waals surface area contributed by atoms with Gasteiger partial charge < -0.3 is 21.1 Å². The molecule has 8 heteroatoms. The summed E-state index contributed by atoms with van der Waals surface area (Å²) < 4.78 is 0. The van der Waals surface area contributed by atoms with Gasteiger partial charge in [-0.3, -0.25) is 9.59 Å². The number of nitrogens with one attached hydrogen (secondary N) is 3. The fourth-order valence-electron chi connectivity index (χ4n) is 2.89. The van der Waals surface area contributed by atoms with E-state index in [0.29, 0.717) is 23.8 Å². The molecule has 0 fully saturated rings. The first-order valence-corrected chi connectivity index (χ1v) is 10.5. The number of thiazole rings is 1. The smallest absolute Gasteiger partial charge is 0.230 e. The molecule has 3 aromatic rings. The number of hydrogen-bond donors (Lipinski definition) is 4. The molecule has 1 unspecified atom stereocenters. The molecule has 7 nitrogen and oxygen atoms in total. The molecule has 30 heavy (non-hydrogen) atoms. The zero-order chi connectivity index (χ0) is 21.2. The molecule has 0 saturated carbocycles. The van der Waals surface area contributed by atoms with Crippen LogP contribution >= 0.6 is 11.3 Å². The van der Waals surface area contributed by atoms with Gasteiger partial charge in [0.15, 0.2) is 5.13 Å². The van der Waals surface area contributed by atoms with Crippen LogP contribution in [0.1, 0.15) is 22.9 Å². The number of amides is 2. The fourth-order valence-corrected chi connectivity index (χ4v) is 3.56. The van der Waals surface area contributed by atoms with Gasteiger partial charge in [-0.05, 0) is 36.2 Å². The number of aliphatic hydroxyl groups excluding tert-OH is 1. The largest absolute Gasteiger partial charge is 0.387 e. The van der Waals surface area contributed by atoms with E-state index in [1.54, 1.807) is 5.38 Å². The van der Waals surface area contributed by atoms with E-state index in [9.17, 15) is 14.7 Å². The number of rotatable bonds is 11. The van der Waals surface area contributed by atoms with Crippen molar-refractivity contribution in [2.75, 3.05) is 23.7 Å². The second-order valence-electron chi connectivity index (χ2n) is 6.71. The highest BCUT2D eigenvalue weighted by Gasteiger charge is 2.09. The Labute approximate surface area is 179 Å². The Bertz CT molecular complexity index is 945. The summed E-state index contributed by atoms with van der Waals surface area (Å²) in [5.41, 5.74) is 3.37. The van der Waals surface area contributed by atoms with E-state index >= 15 is 0 Å². The molecule has 0 aliphatic heterocycles. The highest BCUT2D eigenvalue weighted by atomic mass is 32.1. The summed E-state index contributed by atoms with van der Waals surface area (Å²) in [4.78, 5) is 26.7. The SMILES string of the molecule is O=CNc1nc(CC(=O)Nc2ccc(CCNCC(O)c3ccccc3)cc2)cs1. The van der Waals surface area contributed by atoms with Crippen LogP contribution in [0.25, 0.3) is 0 Å². The topological polar surface area (TPSA) is 103 Å². The second-order valence-corrected chi connectivity index (χ2v) is 7.57. The first-order chi connectivity index (χ1) is 14.6. The average Bonchev–Trinajstić information content (AvgIpc) is 3.19. The first kappa shape index (κ1) is 21.6. The highest BCUT2D eigenvalue weighted by Crippen LogP contribution is 2.16. The quantitative estimate of drug-likeness (QED) is 0.280. The zero-order valence-electron chi connectivity index (χ0n) is 16.4. The Morgan fingerprint density at radius 1 is 1.13 bits per heavy atom. The molecular formula is C22H24N4O3S. The molecule has 2 amide bonds. The average molecular weight is 425 g/mol.